The van der Waals surface area contributed by atoms with Gasteiger partial charge in [0.25, 0.3) is 0 Å². The van der Waals surface area contributed by atoms with Crippen LogP contribution in [0.15, 0.2) is 22.7 Å². The lowest BCUT2D eigenvalue weighted by molar-refractivity contribution is -0.136. The van der Waals surface area contributed by atoms with E-state index in [1.54, 1.807) is 0 Å². The predicted molar refractivity (Wildman–Crippen MR) is 72.1 cm³/mol. The summed E-state index contributed by atoms with van der Waals surface area (Å²) in [5, 5.41) is 12.7. The topological polar surface area (TPSA) is 63.3 Å². The fourth-order valence-electron chi connectivity index (χ4n) is 2.02. The number of carboxylic acid groups (broad SMARTS) is 1. The van der Waals surface area contributed by atoms with Gasteiger partial charge < -0.3 is 9.63 Å². The first kappa shape index (κ1) is 13.3. The van der Waals surface area contributed by atoms with Crippen LogP contribution in [0.25, 0.3) is 11.3 Å². The molecule has 0 radical (unpaired) electrons. The zero-order valence-electron chi connectivity index (χ0n) is 11.4. The van der Waals surface area contributed by atoms with E-state index < -0.39 is 5.97 Å². The van der Waals surface area contributed by atoms with Gasteiger partial charge in [0.1, 0.15) is 0 Å². The molecule has 0 amide bonds. The quantitative estimate of drug-likeness (QED) is 0.915. The Kier molecular flexibility index (Phi) is 3.69. The molecule has 1 N–H and O–H groups in total. The summed E-state index contributed by atoms with van der Waals surface area (Å²) in [7, 11) is 0. The molecule has 19 heavy (non-hydrogen) atoms. The number of hydrogen-bond donors (Lipinski definition) is 1. The van der Waals surface area contributed by atoms with Crippen LogP contribution in [0.1, 0.15) is 28.8 Å². The number of aliphatic carboxylic acids is 1. The van der Waals surface area contributed by atoms with Crippen LogP contribution in [-0.4, -0.2) is 16.2 Å². The normalized spacial score (nSPS) is 10.7. The molecule has 0 atom stereocenters. The highest BCUT2D eigenvalue weighted by molar-refractivity contribution is 5.69. The molecule has 1 heterocycles. The summed E-state index contributed by atoms with van der Waals surface area (Å²) in [6, 6.07) is 6.05. The van der Waals surface area contributed by atoms with Crippen LogP contribution in [0.3, 0.4) is 0 Å². The monoisotopic (exact) mass is 259 g/mol. The van der Waals surface area contributed by atoms with Crippen molar-refractivity contribution in [1.82, 2.24) is 5.16 Å². The van der Waals surface area contributed by atoms with E-state index in [2.05, 4.69) is 12.1 Å². The van der Waals surface area contributed by atoms with E-state index in [-0.39, 0.29) is 6.42 Å². The van der Waals surface area contributed by atoms with Crippen molar-refractivity contribution in [3.63, 3.8) is 0 Å². The van der Waals surface area contributed by atoms with Gasteiger partial charge in [0.05, 0.1) is 5.69 Å². The minimum atomic E-state index is -0.813. The Balaban J connectivity index is 2.38. The molecule has 100 valence electrons. The Labute approximate surface area is 112 Å². The third-order valence-corrected chi connectivity index (χ3v) is 3.34. The SMILES string of the molecule is Cc1ccc(-c2onc(C)c2CCC(=O)O)cc1C. The first-order valence-corrected chi connectivity index (χ1v) is 6.23. The van der Waals surface area contributed by atoms with E-state index in [1.807, 2.05) is 32.0 Å². The van der Waals surface area contributed by atoms with Crippen molar-refractivity contribution in [2.24, 2.45) is 0 Å². The van der Waals surface area contributed by atoms with Crippen LogP contribution in [0, 0.1) is 20.8 Å². The third-order valence-electron chi connectivity index (χ3n) is 3.34. The van der Waals surface area contributed by atoms with E-state index in [4.69, 9.17) is 9.63 Å². The maximum absolute atomic E-state index is 10.7. The Morgan fingerprint density at radius 3 is 2.63 bits per heavy atom. The van der Waals surface area contributed by atoms with Gasteiger partial charge in [0, 0.05) is 17.5 Å². The first-order valence-electron chi connectivity index (χ1n) is 6.23. The Hall–Kier alpha value is -2.10. The number of benzene rings is 1. The third kappa shape index (κ3) is 2.84. The summed E-state index contributed by atoms with van der Waals surface area (Å²) < 4.78 is 5.37. The summed E-state index contributed by atoms with van der Waals surface area (Å²) in [5.41, 5.74) is 4.98. The van der Waals surface area contributed by atoms with Crippen molar-refractivity contribution < 1.29 is 14.4 Å². The van der Waals surface area contributed by atoms with E-state index in [1.165, 1.54) is 11.1 Å². The second-order valence-electron chi connectivity index (χ2n) is 4.77. The zero-order valence-corrected chi connectivity index (χ0v) is 11.4. The Morgan fingerprint density at radius 2 is 2.00 bits per heavy atom. The molecule has 4 nitrogen and oxygen atoms in total. The van der Waals surface area contributed by atoms with Gasteiger partial charge in [0.15, 0.2) is 5.76 Å². The van der Waals surface area contributed by atoms with E-state index in [0.29, 0.717) is 12.2 Å². The van der Waals surface area contributed by atoms with Crippen molar-refractivity contribution in [3.05, 3.63) is 40.6 Å². The lowest BCUT2D eigenvalue weighted by atomic mass is 9.99. The summed E-state index contributed by atoms with van der Waals surface area (Å²) in [5.74, 6) is -0.131. The fourth-order valence-corrected chi connectivity index (χ4v) is 2.02. The van der Waals surface area contributed by atoms with Crippen molar-refractivity contribution >= 4 is 5.97 Å². The number of carbonyl (C=O) groups is 1. The molecule has 0 aliphatic heterocycles. The van der Waals surface area contributed by atoms with Gasteiger partial charge >= 0.3 is 5.97 Å². The van der Waals surface area contributed by atoms with Gasteiger partial charge in [-0.15, -0.1) is 0 Å². The molecule has 1 aromatic heterocycles. The van der Waals surface area contributed by atoms with E-state index in [0.717, 1.165) is 16.8 Å². The zero-order chi connectivity index (χ0) is 14.0. The molecule has 4 heteroatoms. The molecule has 0 aliphatic rings. The van der Waals surface area contributed by atoms with Crippen LogP contribution in [0.4, 0.5) is 0 Å². The lowest BCUT2D eigenvalue weighted by Gasteiger charge is -2.04. The average molecular weight is 259 g/mol. The second-order valence-corrected chi connectivity index (χ2v) is 4.77. The Morgan fingerprint density at radius 1 is 1.26 bits per heavy atom. The van der Waals surface area contributed by atoms with Gasteiger partial charge in [-0.05, 0) is 44.4 Å². The molecule has 0 fully saturated rings. The van der Waals surface area contributed by atoms with Crippen LogP contribution in [0.5, 0.6) is 0 Å². The van der Waals surface area contributed by atoms with Gasteiger partial charge in [-0.25, -0.2) is 0 Å². The highest BCUT2D eigenvalue weighted by atomic mass is 16.5. The van der Waals surface area contributed by atoms with E-state index in [9.17, 15) is 4.79 Å². The number of aromatic nitrogens is 1. The molecular formula is C15H17NO3. The molecule has 1 aromatic carbocycles. The second kappa shape index (κ2) is 5.26. The standard InChI is InChI=1S/C15H17NO3/c1-9-4-5-12(8-10(9)2)15-13(6-7-14(17)18)11(3)16-19-15/h4-5,8H,6-7H2,1-3H3,(H,17,18). The smallest absolute Gasteiger partial charge is 0.303 e. The highest BCUT2D eigenvalue weighted by Gasteiger charge is 2.16. The molecule has 0 aliphatic carbocycles. The molecule has 2 aromatic rings. The molecule has 0 bridgehead atoms. The molecule has 0 spiro atoms. The van der Waals surface area contributed by atoms with Crippen molar-refractivity contribution in [3.8, 4) is 11.3 Å². The van der Waals surface area contributed by atoms with Crippen molar-refractivity contribution in [1.29, 1.82) is 0 Å². The number of carboxylic acids is 1. The summed E-state index contributed by atoms with van der Waals surface area (Å²) in [4.78, 5) is 10.7. The first-order chi connectivity index (χ1) is 8.99. The maximum atomic E-state index is 10.7. The van der Waals surface area contributed by atoms with Crippen molar-refractivity contribution in [2.45, 2.75) is 33.6 Å². The molecular weight excluding hydrogens is 242 g/mol. The average Bonchev–Trinajstić information content (AvgIpc) is 2.71. The molecule has 0 saturated carbocycles. The number of nitrogens with zero attached hydrogens (tertiary/aromatic N) is 1. The van der Waals surface area contributed by atoms with Crippen LogP contribution < -0.4 is 0 Å². The van der Waals surface area contributed by atoms with Crippen LogP contribution >= 0.6 is 0 Å². The molecule has 0 unspecified atom stereocenters. The van der Waals surface area contributed by atoms with Gasteiger partial charge in [-0.2, -0.15) is 0 Å². The van der Waals surface area contributed by atoms with Gasteiger partial charge in [0.2, 0.25) is 0 Å². The van der Waals surface area contributed by atoms with Crippen molar-refractivity contribution in [2.75, 3.05) is 0 Å². The number of rotatable bonds is 4. The fraction of sp³-hybridized carbons (Fsp3) is 0.333. The summed E-state index contributed by atoms with van der Waals surface area (Å²) in [6.45, 7) is 5.93. The number of hydrogen-bond acceptors (Lipinski definition) is 3. The van der Waals surface area contributed by atoms with Crippen LogP contribution in [0.2, 0.25) is 0 Å². The summed E-state index contributed by atoms with van der Waals surface area (Å²) >= 11 is 0. The maximum Gasteiger partial charge on any atom is 0.303 e. The molecule has 2 rings (SSSR count). The predicted octanol–water partition coefficient (Wildman–Crippen LogP) is 3.28. The number of aryl methyl sites for hydroxylation is 3. The van der Waals surface area contributed by atoms with E-state index >= 15 is 0 Å². The van der Waals surface area contributed by atoms with Crippen LogP contribution in [-0.2, 0) is 11.2 Å². The van der Waals surface area contributed by atoms with Gasteiger partial charge in [-0.3, -0.25) is 4.79 Å². The largest absolute Gasteiger partial charge is 0.481 e. The lowest BCUT2D eigenvalue weighted by Crippen LogP contribution is -1.99. The summed E-state index contributed by atoms with van der Waals surface area (Å²) in [6.07, 6.45) is 0.521. The molecule has 0 saturated heterocycles. The van der Waals surface area contributed by atoms with Gasteiger partial charge in [-0.1, -0.05) is 17.3 Å². The minimum Gasteiger partial charge on any atom is -0.481 e. The minimum absolute atomic E-state index is 0.0832. The Bertz CT molecular complexity index is 614. The highest BCUT2D eigenvalue weighted by Crippen LogP contribution is 2.28.